The minimum Gasteiger partial charge on any atom is -0.496 e. The number of hydrogen-bond donors (Lipinski definition) is 1. The molecule has 2 aromatic carbocycles. The Labute approximate surface area is 239 Å². The third kappa shape index (κ3) is 7.36. The third-order valence-electron chi connectivity index (χ3n) is 6.82. The average molecular weight is 565 g/mol. The fourth-order valence-corrected chi connectivity index (χ4v) is 4.58. The molecule has 0 spiro atoms. The average Bonchev–Trinajstić information content (AvgIpc) is 3.54. The van der Waals surface area contributed by atoms with Crippen LogP contribution in [-0.2, 0) is 6.54 Å². The number of urea groups is 1. The largest absolute Gasteiger partial charge is 0.496 e. The number of anilines is 1. The number of rotatable bonds is 14. The van der Waals surface area contributed by atoms with Crippen molar-refractivity contribution in [3.63, 3.8) is 0 Å². The molecular weight excluding hydrogens is 528 g/mol. The molecule has 11 heteroatoms. The molecular formula is C30H36N4O7. The Hall–Kier alpha value is -4.54. The van der Waals surface area contributed by atoms with Crippen molar-refractivity contribution in [2.24, 2.45) is 0 Å². The number of unbranched alkanes of at least 4 members (excludes halogenated alkanes) is 2. The topological polar surface area (TPSA) is 123 Å². The van der Waals surface area contributed by atoms with Crippen molar-refractivity contribution >= 4 is 23.4 Å². The molecule has 0 saturated carbocycles. The van der Waals surface area contributed by atoms with Gasteiger partial charge in [-0.1, -0.05) is 31.9 Å². The zero-order valence-corrected chi connectivity index (χ0v) is 23.7. The number of benzene rings is 2. The maximum Gasteiger partial charge on any atom is 0.324 e. The van der Waals surface area contributed by atoms with Crippen molar-refractivity contribution in [2.75, 3.05) is 45.4 Å². The second-order valence-corrected chi connectivity index (χ2v) is 9.61. The number of ketones is 1. The molecule has 1 aliphatic rings. The van der Waals surface area contributed by atoms with Crippen LogP contribution in [0.3, 0.4) is 0 Å². The molecule has 0 radical (unpaired) electrons. The molecule has 2 heterocycles. The monoisotopic (exact) mass is 564 g/mol. The van der Waals surface area contributed by atoms with Gasteiger partial charge in [-0.25, -0.2) is 9.78 Å². The van der Waals surface area contributed by atoms with Crippen LogP contribution in [0.4, 0.5) is 10.5 Å². The lowest BCUT2D eigenvalue weighted by Crippen LogP contribution is -2.49. The zero-order chi connectivity index (χ0) is 29.2. The van der Waals surface area contributed by atoms with Crippen LogP contribution in [0, 0.1) is 0 Å². The van der Waals surface area contributed by atoms with E-state index in [1.807, 2.05) is 18.2 Å². The Morgan fingerprint density at radius 1 is 1.02 bits per heavy atom. The second kappa shape index (κ2) is 14.2. The van der Waals surface area contributed by atoms with Crippen LogP contribution in [-0.4, -0.2) is 68.1 Å². The van der Waals surface area contributed by atoms with Gasteiger partial charge in [0, 0.05) is 36.0 Å². The minimum absolute atomic E-state index is 0.0938. The summed E-state index contributed by atoms with van der Waals surface area (Å²) >= 11 is 0. The number of methoxy groups -OCH3 is 2. The lowest BCUT2D eigenvalue weighted by Gasteiger charge is -2.36. The number of nitrogens with zero attached hydrogens (tertiary/aromatic N) is 3. The quantitative estimate of drug-likeness (QED) is 0.221. The molecule has 1 fully saturated rings. The van der Waals surface area contributed by atoms with E-state index < -0.39 is 5.91 Å². The minimum atomic E-state index is -0.504. The van der Waals surface area contributed by atoms with E-state index in [2.05, 4.69) is 17.2 Å². The summed E-state index contributed by atoms with van der Waals surface area (Å²) in [6.07, 6.45) is 6.27. The van der Waals surface area contributed by atoms with Gasteiger partial charge in [-0.3, -0.25) is 14.5 Å². The summed E-state index contributed by atoms with van der Waals surface area (Å²) in [6, 6.07) is 10.5. The third-order valence-corrected chi connectivity index (χ3v) is 6.82. The van der Waals surface area contributed by atoms with Crippen LogP contribution in [0.15, 0.2) is 53.5 Å². The van der Waals surface area contributed by atoms with E-state index >= 15 is 0 Å². The maximum atomic E-state index is 13.5. The van der Waals surface area contributed by atoms with Gasteiger partial charge in [-0.05, 0) is 31.0 Å². The van der Waals surface area contributed by atoms with Gasteiger partial charge in [-0.2, -0.15) is 0 Å². The fraction of sp³-hybridized carbons (Fsp3) is 0.400. The number of carbonyl (C=O) groups excluding carboxylic acids is 3. The van der Waals surface area contributed by atoms with Gasteiger partial charge in [0.25, 0.3) is 5.91 Å². The van der Waals surface area contributed by atoms with Crippen LogP contribution in [0.2, 0.25) is 0 Å². The number of aromatic nitrogens is 1. The molecule has 41 heavy (non-hydrogen) atoms. The Morgan fingerprint density at radius 2 is 1.85 bits per heavy atom. The lowest BCUT2D eigenvalue weighted by atomic mass is 10.1. The first-order chi connectivity index (χ1) is 19.9. The number of amides is 3. The highest BCUT2D eigenvalue weighted by molar-refractivity contribution is 6.01. The summed E-state index contributed by atoms with van der Waals surface area (Å²) < 4.78 is 21.8. The van der Waals surface area contributed by atoms with Crippen molar-refractivity contribution in [3.8, 4) is 17.2 Å². The van der Waals surface area contributed by atoms with E-state index in [-0.39, 0.29) is 24.1 Å². The van der Waals surface area contributed by atoms with Gasteiger partial charge in [0.2, 0.25) is 0 Å². The first kappa shape index (κ1) is 29.4. The summed E-state index contributed by atoms with van der Waals surface area (Å²) in [6.45, 7) is 4.00. The number of carbonyl (C=O) groups is 3. The van der Waals surface area contributed by atoms with Gasteiger partial charge >= 0.3 is 6.03 Å². The molecule has 0 bridgehead atoms. The molecule has 0 atom stereocenters. The molecule has 3 aromatic rings. The molecule has 1 aromatic heterocycles. The van der Waals surface area contributed by atoms with Crippen molar-refractivity contribution in [1.29, 1.82) is 0 Å². The Morgan fingerprint density at radius 3 is 2.59 bits per heavy atom. The predicted molar refractivity (Wildman–Crippen MR) is 152 cm³/mol. The van der Waals surface area contributed by atoms with E-state index in [1.165, 1.54) is 13.4 Å². The molecule has 3 amide bonds. The number of nitrogens with one attached hydrogen (secondary N) is 1. The van der Waals surface area contributed by atoms with Crippen molar-refractivity contribution < 1.29 is 33.0 Å². The number of ether oxygens (including phenoxy) is 3. The standard InChI is InChI=1S/C30H36N4O7/c1-4-5-6-14-41-28-16-23(10-11-26(28)38-2)34-13-7-12-33(30(34)37)18-22-9-8-21(15-27(22)39-3)25(35)17-31-29(36)24-19-40-20-32-24/h8-11,15-16,19-20H,4-7,12-14,17-18H2,1-3H3,(H,31,36). The smallest absolute Gasteiger partial charge is 0.324 e. The fourth-order valence-electron chi connectivity index (χ4n) is 4.58. The first-order valence-corrected chi connectivity index (χ1v) is 13.7. The zero-order valence-electron chi connectivity index (χ0n) is 23.7. The van der Waals surface area contributed by atoms with Crippen LogP contribution < -0.4 is 24.4 Å². The highest BCUT2D eigenvalue weighted by atomic mass is 16.5. The SMILES string of the molecule is CCCCCOc1cc(N2CCCN(Cc3ccc(C(=O)CNC(=O)c4cocn4)cc3OC)C2=O)ccc1OC. The second-order valence-electron chi connectivity index (χ2n) is 9.61. The molecule has 11 nitrogen and oxygen atoms in total. The van der Waals surface area contributed by atoms with Crippen LogP contribution in [0.25, 0.3) is 0 Å². The van der Waals surface area contributed by atoms with E-state index in [9.17, 15) is 14.4 Å². The highest BCUT2D eigenvalue weighted by Gasteiger charge is 2.28. The van der Waals surface area contributed by atoms with Gasteiger partial charge < -0.3 is 28.8 Å². The molecule has 218 valence electrons. The van der Waals surface area contributed by atoms with Crippen molar-refractivity contribution in [3.05, 3.63) is 65.9 Å². The number of hydrogen-bond acceptors (Lipinski definition) is 8. The van der Waals surface area contributed by atoms with E-state index in [0.29, 0.717) is 49.1 Å². The Kier molecular flexibility index (Phi) is 10.2. The summed E-state index contributed by atoms with van der Waals surface area (Å²) in [7, 11) is 3.12. The van der Waals surface area contributed by atoms with Crippen LogP contribution in [0.5, 0.6) is 17.2 Å². The van der Waals surface area contributed by atoms with Gasteiger partial charge in [0.05, 0.1) is 33.9 Å². The van der Waals surface area contributed by atoms with E-state index in [4.69, 9.17) is 18.6 Å². The lowest BCUT2D eigenvalue weighted by molar-refractivity contribution is 0.0900. The molecule has 0 aliphatic carbocycles. The summed E-state index contributed by atoms with van der Waals surface area (Å²) in [5.74, 6) is 0.930. The van der Waals surface area contributed by atoms with Crippen LogP contribution in [0.1, 0.15) is 59.0 Å². The summed E-state index contributed by atoms with van der Waals surface area (Å²) in [5, 5.41) is 2.53. The van der Waals surface area contributed by atoms with Crippen LogP contribution >= 0.6 is 0 Å². The molecule has 1 N–H and O–H groups in total. The van der Waals surface area contributed by atoms with E-state index in [0.717, 1.165) is 43.3 Å². The molecule has 4 rings (SSSR count). The predicted octanol–water partition coefficient (Wildman–Crippen LogP) is 4.71. The van der Waals surface area contributed by atoms with Crippen molar-refractivity contribution in [1.82, 2.24) is 15.2 Å². The normalized spacial score (nSPS) is 13.2. The van der Waals surface area contributed by atoms with Gasteiger partial charge in [0.1, 0.15) is 12.0 Å². The first-order valence-electron chi connectivity index (χ1n) is 13.7. The summed E-state index contributed by atoms with van der Waals surface area (Å²) in [4.78, 5) is 45.6. The van der Waals surface area contributed by atoms with Gasteiger partial charge in [0.15, 0.2) is 29.4 Å². The molecule has 1 aliphatic heterocycles. The maximum absolute atomic E-state index is 13.5. The number of oxazole rings is 1. The molecule has 1 saturated heterocycles. The number of Topliss-reactive ketones (excluding diaryl/α,β-unsaturated/α-hetero) is 1. The summed E-state index contributed by atoms with van der Waals surface area (Å²) in [5.41, 5.74) is 1.98. The highest BCUT2D eigenvalue weighted by Crippen LogP contribution is 2.34. The molecule has 0 unspecified atom stereocenters. The van der Waals surface area contributed by atoms with E-state index in [1.54, 1.807) is 35.1 Å². The van der Waals surface area contributed by atoms with Gasteiger partial charge in [-0.15, -0.1) is 0 Å². The van der Waals surface area contributed by atoms with Crippen molar-refractivity contribution in [2.45, 2.75) is 39.2 Å². The Balaban J connectivity index is 1.42. The Bertz CT molecular complexity index is 1340.